The van der Waals surface area contributed by atoms with Crippen LogP contribution in [0.15, 0.2) is 36.4 Å². The van der Waals surface area contributed by atoms with Crippen LogP contribution < -0.4 is 10.2 Å². The maximum Gasteiger partial charge on any atom is 2.00 e. The van der Waals surface area contributed by atoms with Crippen molar-refractivity contribution in [3.8, 4) is 0 Å². The average Bonchev–Trinajstić information content (AvgIpc) is 2.66. The molecule has 0 aromatic heterocycles. The van der Waals surface area contributed by atoms with E-state index in [0.717, 1.165) is 47.9 Å². The molecule has 5 heteroatoms. The van der Waals surface area contributed by atoms with Crippen LogP contribution in [0, 0.1) is 0 Å². The van der Waals surface area contributed by atoms with E-state index in [4.69, 9.17) is 0 Å². The fourth-order valence-electron chi connectivity index (χ4n) is 3.15. The number of carbonyl (C=O) groups is 2. The Balaban J connectivity index is 0.000000483. The zero-order chi connectivity index (χ0) is 19.7. The van der Waals surface area contributed by atoms with Gasteiger partial charge in [-0.1, -0.05) is 64.1 Å². The number of aromatic carboxylic acids is 2. The van der Waals surface area contributed by atoms with E-state index in [9.17, 15) is 19.8 Å². The SMILES string of the molecule is CCc1cccc(C(=O)[O-])c1CC.CCc1cccc(C(=O)[O-])c1CC.[Ba+2]. The van der Waals surface area contributed by atoms with Crippen LogP contribution in [0.4, 0.5) is 0 Å². The third kappa shape index (κ3) is 7.12. The van der Waals surface area contributed by atoms with Gasteiger partial charge in [0.25, 0.3) is 0 Å². The molecular weight excluding hydrogens is 466 g/mol. The molecule has 0 aliphatic rings. The van der Waals surface area contributed by atoms with Crippen LogP contribution in [-0.2, 0) is 25.7 Å². The van der Waals surface area contributed by atoms with E-state index < -0.39 is 11.9 Å². The first-order valence-electron chi connectivity index (χ1n) is 9.05. The number of carboxylic acids is 2. The van der Waals surface area contributed by atoms with Crippen molar-refractivity contribution in [2.75, 3.05) is 0 Å². The van der Waals surface area contributed by atoms with Crippen LogP contribution in [0.25, 0.3) is 0 Å². The van der Waals surface area contributed by atoms with Gasteiger partial charge in [-0.05, 0) is 47.9 Å². The van der Waals surface area contributed by atoms with E-state index >= 15 is 0 Å². The second kappa shape index (κ2) is 13.2. The molecule has 0 amide bonds. The molecule has 0 bridgehead atoms. The predicted octanol–water partition coefficient (Wildman–Crippen LogP) is 1.97. The van der Waals surface area contributed by atoms with Crippen LogP contribution in [0.2, 0.25) is 0 Å². The summed E-state index contributed by atoms with van der Waals surface area (Å²) < 4.78 is 0. The summed E-state index contributed by atoms with van der Waals surface area (Å²) in [6.07, 6.45) is 3.22. The standard InChI is InChI=1S/2C11H14O2.Ba/c2*1-3-8-6-5-7-10(11(12)13)9(8)4-2;/h2*5-7H,3-4H2,1-2H3,(H,12,13);/q;;+2/p-2. The Morgan fingerprint density at radius 1 is 0.667 bits per heavy atom. The summed E-state index contributed by atoms with van der Waals surface area (Å²) in [5, 5.41) is 21.5. The molecule has 0 atom stereocenters. The van der Waals surface area contributed by atoms with Gasteiger partial charge in [0.2, 0.25) is 0 Å². The second-order valence-corrected chi connectivity index (χ2v) is 5.88. The van der Waals surface area contributed by atoms with Crippen molar-refractivity contribution in [1.82, 2.24) is 0 Å². The van der Waals surface area contributed by atoms with Crippen molar-refractivity contribution in [1.29, 1.82) is 0 Å². The van der Waals surface area contributed by atoms with Gasteiger partial charge in [0.15, 0.2) is 0 Å². The molecule has 0 spiro atoms. The molecule has 0 radical (unpaired) electrons. The maximum atomic E-state index is 10.7. The quantitative estimate of drug-likeness (QED) is 0.579. The molecule has 2 aromatic rings. The molecule has 140 valence electrons. The zero-order valence-corrected chi connectivity index (χ0v) is 21.1. The molecule has 0 heterocycles. The van der Waals surface area contributed by atoms with Gasteiger partial charge in [-0.15, -0.1) is 0 Å². The Bertz CT molecular complexity index is 703. The van der Waals surface area contributed by atoms with Gasteiger partial charge in [0.1, 0.15) is 0 Å². The van der Waals surface area contributed by atoms with Crippen LogP contribution in [-0.4, -0.2) is 60.8 Å². The zero-order valence-electron chi connectivity index (χ0n) is 16.6. The van der Waals surface area contributed by atoms with Crippen molar-refractivity contribution in [2.24, 2.45) is 0 Å². The van der Waals surface area contributed by atoms with Crippen LogP contribution in [0.5, 0.6) is 0 Å². The topological polar surface area (TPSA) is 80.3 Å². The Kier molecular flexibility index (Phi) is 12.7. The van der Waals surface area contributed by atoms with E-state index in [0.29, 0.717) is 11.1 Å². The summed E-state index contributed by atoms with van der Waals surface area (Å²) in [4.78, 5) is 21.5. The largest absolute Gasteiger partial charge is 2.00 e. The smallest absolute Gasteiger partial charge is 0.545 e. The number of hydrogen-bond donors (Lipinski definition) is 0. The third-order valence-electron chi connectivity index (χ3n) is 4.45. The van der Waals surface area contributed by atoms with Gasteiger partial charge in [-0.2, -0.15) is 0 Å². The van der Waals surface area contributed by atoms with Crippen molar-refractivity contribution in [3.05, 3.63) is 69.8 Å². The molecule has 0 N–H and O–H groups in total. The van der Waals surface area contributed by atoms with Gasteiger partial charge in [0.05, 0.1) is 11.9 Å². The van der Waals surface area contributed by atoms with Gasteiger partial charge in [-0.3, -0.25) is 0 Å². The number of carboxylic acid groups (broad SMARTS) is 2. The van der Waals surface area contributed by atoms with Crippen molar-refractivity contribution < 1.29 is 19.8 Å². The average molecular weight is 492 g/mol. The Morgan fingerprint density at radius 2 is 1.00 bits per heavy atom. The summed E-state index contributed by atoms with van der Waals surface area (Å²) >= 11 is 0. The molecule has 0 aliphatic heterocycles. The van der Waals surface area contributed by atoms with E-state index in [1.807, 2.05) is 39.8 Å². The maximum absolute atomic E-state index is 10.7. The summed E-state index contributed by atoms with van der Waals surface area (Å²) in [7, 11) is 0. The van der Waals surface area contributed by atoms with Crippen molar-refractivity contribution in [3.63, 3.8) is 0 Å². The van der Waals surface area contributed by atoms with E-state index in [-0.39, 0.29) is 48.9 Å². The number of rotatable bonds is 6. The summed E-state index contributed by atoms with van der Waals surface area (Å²) in [6.45, 7) is 7.96. The number of benzene rings is 2. The minimum atomic E-state index is -1.08. The number of carbonyl (C=O) groups excluding carboxylic acids is 2. The van der Waals surface area contributed by atoms with Gasteiger partial charge in [0, 0.05) is 11.1 Å². The fraction of sp³-hybridized carbons (Fsp3) is 0.364. The Hall–Kier alpha value is -1.05. The molecular formula is C22H26BaO4. The first-order valence-corrected chi connectivity index (χ1v) is 9.05. The Morgan fingerprint density at radius 3 is 1.22 bits per heavy atom. The molecule has 4 nitrogen and oxygen atoms in total. The fourth-order valence-corrected chi connectivity index (χ4v) is 3.15. The Labute approximate surface area is 202 Å². The van der Waals surface area contributed by atoms with Gasteiger partial charge < -0.3 is 19.8 Å². The molecule has 2 rings (SSSR count). The van der Waals surface area contributed by atoms with Crippen LogP contribution in [0.3, 0.4) is 0 Å². The monoisotopic (exact) mass is 492 g/mol. The molecule has 0 aliphatic carbocycles. The molecule has 0 saturated carbocycles. The van der Waals surface area contributed by atoms with E-state index in [2.05, 4.69) is 0 Å². The summed E-state index contributed by atoms with van der Waals surface area (Å²) in [5.74, 6) is -2.15. The predicted molar refractivity (Wildman–Crippen MR) is 105 cm³/mol. The molecule has 0 saturated heterocycles. The summed E-state index contributed by atoms with van der Waals surface area (Å²) in [5.41, 5.74) is 4.69. The normalized spacial score (nSPS) is 9.63. The van der Waals surface area contributed by atoms with Gasteiger partial charge >= 0.3 is 48.9 Å². The molecule has 27 heavy (non-hydrogen) atoms. The summed E-state index contributed by atoms with van der Waals surface area (Å²) in [6, 6.07) is 10.7. The minimum absolute atomic E-state index is 0. The second-order valence-electron chi connectivity index (χ2n) is 5.88. The minimum Gasteiger partial charge on any atom is -0.545 e. The first kappa shape index (κ1) is 26.0. The van der Waals surface area contributed by atoms with Gasteiger partial charge in [-0.25, -0.2) is 0 Å². The third-order valence-corrected chi connectivity index (χ3v) is 4.45. The molecule has 0 unspecified atom stereocenters. The molecule has 2 aromatic carbocycles. The van der Waals surface area contributed by atoms with Crippen LogP contribution in [0.1, 0.15) is 70.7 Å². The first-order chi connectivity index (χ1) is 12.4. The molecule has 0 fully saturated rings. The van der Waals surface area contributed by atoms with Crippen molar-refractivity contribution in [2.45, 2.75) is 53.4 Å². The number of hydrogen-bond acceptors (Lipinski definition) is 4. The van der Waals surface area contributed by atoms with Crippen molar-refractivity contribution >= 4 is 60.8 Å². The van der Waals surface area contributed by atoms with E-state index in [1.165, 1.54) is 0 Å². The van der Waals surface area contributed by atoms with Crippen LogP contribution >= 0.6 is 0 Å². The number of aryl methyl sites for hydroxylation is 2. The van der Waals surface area contributed by atoms with E-state index in [1.54, 1.807) is 24.3 Å².